The highest BCUT2D eigenvalue weighted by Gasteiger charge is 2.14. The molecular weight excluding hydrogens is 259 g/mol. The molecule has 104 valence electrons. The molecule has 0 fully saturated rings. The van der Waals surface area contributed by atoms with Crippen LogP contribution in [0.3, 0.4) is 0 Å². The van der Waals surface area contributed by atoms with E-state index in [0.717, 1.165) is 29.3 Å². The minimum atomic E-state index is -0.614. The zero-order valence-corrected chi connectivity index (χ0v) is 11.2. The van der Waals surface area contributed by atoms with Crippen molar-refractivity contribution >= 4 is 17.3 Å². The number of anilines is 2. The van der Waals surface area contributed by atoms with E-state index < -0.39 is 11.7 Å². The highest BCUT2D eigenvalue weighted by molar-refractivity contribution is 6.07. The molecule has 2 rings (SSSR count). The van der Waals surface area contributed by atoms with Gasteiger partial charge in [0, 0.05) is 0 Å². The zero-order valence-electron chi connectivity index (χ0n) is 11.2. The van der Waals surface area contributed by atoms with Crippen molar-refractivity contribution in [3.05, 3.63) is 52.8 Å². The summed E-state index contributed by atoms with van der Waals surface area (Å²) in [6.07, 6.45) is 0. The van der Waals surface area contributed by atoms with Crippen molar-refractivity contribution in [1.82, 2.24) is 0 Å². The zero-order chi connectivity index (χ0) is 14.9. The third-order valence-corrected chi connectivity index (χ3v) is 3.12. The Morgan fingerprint density at radius 3 is 2.55 bits per heavy atom. The summed E-state index contributed by atoms with van der Waals surface area (Å²) in [6, 6.07) is 6.67. The van der Waals surface area contributed by atoms with Crippen LogP contribution in [0.25, 0.3) is 0 Å². The highest BCUT2D eigenvalue weighted by Crippen LogP contribution is 2.25. The van der Waals surface area contributed by atoms with Gasteiger partial charge in [-0.25, -0.2) is 4.39 Å². The molecule has 1 amide bonds. The molecule has 0 unspecified atom stereocenters. The number of benzene rings is 2. The van der Waals surface area contributed by atoms with Gasteiger partial charge >= 0.3 is 0 Å². The van der Waals surface area contributed by atoms with E-state index in [1.165, 1.54) is 0 Å². The fraction of sp³-hybridized carbons (Fsp3) is 0.133. The first kappa shape index (κ1) is 13.9. The van der Waals surface area contributed by atoms with Crippen LogP contribution >= 0.6 is 0 Å². The van der Waals surface area contributed by atoms with Gasteiger partial charge in [0.15, 0.2) is 0 Å². The SMILES string of the molecule is Cc1cc(N)c(NC(=O)c2cc(F)ccc2O)cc1C. The largest absolute Gasteiger partial charge is 0.507 e. The van der Waals surface area contributed by atoms with Crippen LogP contribution in [0.4, 0.5) is 15.8 Å². The normalized spacial score (nSPS) is 10.3. The fourth-order valence-electron chi connectivity index (χ4n) is 1.83. The first-order valence-corrected chi connectivity index (χ1v) is 6.05. The summed E-state index contributed by atoms with van der Waals surface area (Å²) in [5.74, 6) is -1.50. The van der Waals surface area contributed by atoms with Crippen molar-refractivity contribution < 1.29 is 14.3 Å². The molecule has 0 aliphatic heterocycles. The monoisotopic (exact) mass is 274 g/mol. The quantitative estimate of drug-likeness (QED) is 0.737. The standard InChI is InChI=1S/C15H15FN2O2/c1-8-5-12(17)13(6-9(8)2)18-15(20)11-7-10(16)3-4-14(11)19/h3-7,19H,17H2,1-2H3,(H,18,20). The summed E-state index contributed by atoms with van der Waals surface area (Å²) >= 11 is 0. The van der Waals surface area contributed by atoms with Gasteiger partial charge in [-0.15, -0.1) is 0 Å². The molecule has 5 heteroatoms. The van der Waals surface area contributed by atoms with Gasteiger partial charge in [0.25, 0.3) is 5.91 Å². The summed E-state index contributed by atoms with van der Waals surface area (Å²) in [4.78, 5) is 12.0. The lowest BCUT2D eigenvalue weighted by molar-refractivity contribution is 0.102. The first-order chi connectivity index (χ1) is 9.38. The maximum atomic E-state index is 13.1. The number of nitrogens with two attached hydrogens (primary N) is 1. The Bertz CT molecular complexity index is 684. The van der Waals surface area contributed by atoms with Crippen LogP contribution in [0.1, 0.15) is 21.5 Å². The molecule has 0 spiro atoms. The van der Waals surface area contributed by atoms with Gasteiger partial charge in [-0.2, -0.15) is 0 Å². The number of nitrogen functional groups attached to an aromatic ring is 1. The second-order valence-corrected chi connectivity index (χ2v) is 4.64. The number of aromatic hydroxyl groups is 1. The molecule has 2 aromatic carbocycles. The lowest BCUT2D eigenvalue weighted by atomic mass is 10.1. The molecule has 0 radical (unpaired) electrons. The van der Waals surface area contributed by atoms with Crippen LogP contribution in [0.5, 0.6) is 5.75 Å². The Kier molecular flexibility index (Phi) is 3.61. The molecule has 0 heterocycles. The third-order valence-electron chi connectivity index (χ3n) is 3.12. The molecule has 0 aliphatic carbocycles. The van der Waals surface area contributed by atoms with Gasteiger partial charge in [-0.3, -0.25) is 4.79 Å². The molecule has 20 heavy (non-hydrogen) atoms. The van der Waals surface area contributed by atoms with Crippen molar-refractivity contribution in [2.75, 3.05) is 11.1 Å². The van der Waals surface area contributed by atoms with E-state index in [-0.39, 0.29) is 11.3 Å². The van der Waals surface area contributed by atoms with Crippen LogP contribution in [-0.4, -0.2) is 11.0 Å². The Morgan fingerprint density at radius 1 is 1.20 bits per heavy atom. The number of nitrogens with one attached hydrogen (secondary N) is 1. The van der Waals surface area contributed by atoms with E-state index >= 15 is 0 Å². The summed E-state index contributed by atoms with van der Waals surface area (Å²) in [5.41, 5.74) is 8.52. The fourth-order valence-corrected chi connectivity index (χ4v) is 1.83. The van der Waals surface area contributed by atoms with E-state index in [1.807, 2.05) is 13.8 Å². The summed E-state index contributed by atoms with van der Waals surface area (Å²) < 4.78 is 13.1. The minimum Gasteiger partial charge on any atom is -0.507 e. The summed E-state index contributed by atoms with van der Waals surface area (Å²) in [7, 11) is 0. The van der Waals surface area contributed by atoms with Crippen LogP contribution in [0.15, 0.2) is 30.3 Å². The second kappa shape index (κ2) is 5.21. The van der Waals surface area contributed by atoms with Gasteiger partial charge in [0.1, 0.15) is 11.6 Å². The summed E-state index contributed by atoms with van der Waals surface area (Å²) in [5, 5.41) is 12.2. The highest BCUT2D eigenvalue weighted by atomic mass is 19.1. The predicted octanol–water partition coefficient (Wildman–Crippen LogP) is 2.98. The number of amides is 1. The van der Waals surface area contributed by atoms with Gasteiger partial charge in [0.05, 0.1) is 16.9 Å². The number of carbonyl (C=O) groups excluding carboxylic acids is 1. The van der Waals surface area contributed by atoms with Gasteiger partial charge in [-0.05, 0) is 55.3 Å². The Balaban J connectivity index is 2.32. The van der Waals surface area contributed by atoms with Gasteiger partial charge < -0.3 is 16.2 Å². The summed E-state index contributed by atoms with van der Waals surface area (Å²) in [6.45, 7) is 3.81. The van der Waals surface area contributed by atoms with Crippen LogP contribution < -0.4 is 11.1 Å². The van der Waals surface area contributed by atoms with Gasteiger partial charge in [0.2, 0.25) is 0 Å². The molecule has 0 saturated heterocycles. The van der Waals surface area contributed by atoms with E-state index in [9.17, 15) is 14.3 Å². The molecular formula is C15H15FN2O2. The maximum absolute atomic E-state index is 13.1. The molecule has 4 nitrogen and oxygen atoms in total. The molecule has 0 atom stereocenters. The molecule has 2 aromatic rings. The van der Waals surface area contributed by atoms with E-state index in [1.54, 1.807) is 12.1 Å². The number of phenolic OH excluding ortho intramolecular Hbond substituents is 1. The minimum absolute atomic E-state index is 0.136. The number of rotatable bonds is 2. The van der Waals surface area contributed by atoms with E-state index in [4.69, 9.17) is 5.73 Å². The lowest BCUT2D eigenvalue weighted by Crippen LogP contribution is -2.14. The van der Waals surface area contributed by atoms with Crippen LogP contribution in [0, 0.1) is 19.7 Å². The Morgan fingerprint density at radius 2 is 1.85 bits per heavy atom. The lowest BCUT2D eigenvalue weighted by Gasteiger charge is -2.11. The first-order valence-electron chi connectivity index (χ1n) is 6.05. The number of halogens is 1. The van der Waals surface area contributed by atoms with Crippen molar-refractivity contribution in [2.24, 2.45) is 0 Å². The molecule has 4 N–H and O–H groups in total. The van der Waals surface area contributed by atoms with Crippen LogP contribution in [0.2, 0.25) is 0 Å². The van der Waals surface area contributed by atoms with Gasteiger partial charge in [-0.1, -0.05) is 0 Å². The number of phenols is 1. The second-order valence-electron chi connectivity index (χ2n) is 4.64. The number of carbonyl (C=O) groups is 1. The van der Waals surface area contributed by atoms with Crippen molar-refractivity contribution in [1.29, 1.82) is 0 Å². The number of hydrogen-bond donors (Lipinski definition) is 3. The Hall–Kier alpha value is -2.56. The van der Waals surface area contributed by atoms with E-state index in [2.05, 4.69) is 5.32 Å². The third kappa shape index (κ3) is 2.71. The van der Waals surface area contributed by atoms with Crippen molar-refractivity contribution in [3.8, 4) is 5.75 Å². The van der Waals surface area contributed by atoms with Crippen molar-refractivity contribution in [2.45, 2.75) is 13.8 Å². The molecule has 0 aliphatic rings. The number of hydrogen-bond acceptors (Lipinski definition) is 3. The maximum Gasteiger partial charge on any atom is 0.259 e. The smallest absolute Gasteiger partial charge is 0.259 e. The Labute approximate surface area is 116 Å². The number of aryl methyl sites for hydroxylation is 2. The molecule has 0 saturated carbocycles. The van der Waals surface area contributed by atoms with Crippen LogP contribution in [-0.2, 0) is 0 Å². The molecule has 0 bridgehead atoms. The average Bonchev–Trinajstić information content (AvgIpc) is 2.38. The van der Waals surface area contributed by atoms with E-state index in [0.29, 0.717) is 11.4 Å². The predicted molar refractivity (Wildman–Crippen MR) is 76.3 cm³/mol. The topological polar surface area (TPSA) is 75.3 Å². The molecule has 0 aromatic heterocycles. The van der Waals surface area contributed by atoms with Crippen molar-refractivity contribution in [3.63, 3.8) is 0 Å². The average molecular weight is 274 g/mol.